The van der Waals surface area contributed by atoms with Gasteiger partial charge in [0, 0.05) is 48.0 Å². The lowest BCUT2D eigenvalue weighted by Gasteiger charge is -2.39. The molecule has 0 radical (unpaired) electrons. The summed E-state index contributed by atoms with van der Waals surface area (Å²) in [7, 11) is 0. The van der Waals surface area contributed by atoms with Crippen LogP contribution in [-0.2, 0) is 0 Å². The van der Waals surface area contributed by atoms with Gasteiger partial charge in [-0.15, -0.1) is 11.8 Å². The minimum atomic E-state index is 0.0578. The number of aromatic amines is 1. The van der Waals surface area contributed by atoms with Crippen LogP contribution in [0.25, 0.3) is 10.9 Å². The highest BCUT2D eigenvalue weighted by Gasteiger charge is 2.27. The Morgan fingerprint density at radius 3 is 2.91 bits per heavy atom. The Morgan fingerprint density at radius 1 is 1.39 bits per heavy atom. The predicted octanol–water partition coefficient (Wildman–Crippen LogP) is 2.03. The Labute approximate surface area is 140 Å². The monoisotopic (exact) mass is 333 g/mol. The van der Waals surface area contributed by atoms with E-state index in [4.69, 9.17) is 5.11 Å². The summed E-state index contributed by atoms with van der Waals surface area (Å²) >= 11 is 1.69. The van der Waals surface area contributed by atoms with Gasteiger partial charge in [0.2, 0.25) is 0 Å². The first-order valence-corrected chi connectivity index (χ1v) is 9.16. The molecule has 1 aliphatic heterocycles. The molecule has 124 valence electrons. The number of aliphatic hydroxyl groups is 1. The van der Waals surface area contributed by atoms with Crippen molar-refractivity contribution in [2.75, 3.05) is 39.0 Å². The lowest BCUT2D eigenvalue weighted by atomic mass is 10.1. The van der Waals surface area contributed by atoms with Crippen molar-refractivity contribution in [1.29, 1.82) is 0 Å². The first kappa shape index (κ1) is 16.4. The first-order valence-electron chi connectivity index (χ1n) is 7.93. The summed E-state index contributed by atoms with van der Waals surface area (Å²) < 4.78 is 0. The quantitative estimate of drug-likeness (QED) is 0.841. The molecule has 1 amide bonds. The summed E-state index contributed by atoms with van der Waals surface area (Å²) in [5.41, 5.74) is 1.66. The van der Waals surface area contributed by atoms with Crippen LogP contribution in [0.1, 0.15) is 17.4 Å². The van der Waals surface area contributed by atoms with Crippen LogP contribution in [0.5, 0.6) is 0 Å². The van der Waals surface area contributed by atoms with Gasteiger partial charge in [0.05, 0.1) is 6.61 Å². The number of aromatic nitrogens is 1. The number of carbonyl (C=O) groups excluding carboxylic acids is 1. The molecule has 1 unspecified atom stereocenters. The van der Waals surface area contributed by atoms with Gasteiger partial charge in [-0.1, -0.05) is 6.07 Å². The maximum Gasteiger partial charge on any atom is 0.270 e. The number of β-amino-alcohol motifs (C(OH)–C–C–N with tert-alkyl or cyclic N) is 1. The molecule has 2 heterocycles. The number of H-pyrrole nitrogens is 1. The van der Waals surface area contributed by atoms with Gasteiger partial charge in [-0.25, -0.2) is 0 Å². The molecule has 1 aromatic heterocycles. The fourth-order valence-electron chi connectivity index (χ4n) is 3.16. The molecule has 5 nitrogen and oxygen atoms in total. The number of thioether (sulfide) groups is 1. The van der Waals surface area contributed by atoms with E-state index in [0.717, 1.165) is 17.4 Å². The summed E-state index contributed by atoms with van der Waals surface area (Å²) in [6.45, 7) is 5.15. The van der Waals surface area contributed by atoms with Crippen molar-refractivity contribution in [3.8, 4) is 0 Å². The Bertz CT molecular complexity index is 700. The third-order valence-electron chi connectivity index (χ3n) is 4.50. The smallest absolute Gasteiger partial charge is 0.270 e. The fraction of sp³-hybridized carbons (Fsp3) is 0.471. The molecular formula is C17H23N3O2S. The van der Waals surface area contributed by atoms with Gasteiger partial charge < -0.3 is 15.0 Å². The Balaban J connectivity index is 1.75. The number of rotatable bonds is 4. The third-order valence-corrected chi connectivity index (χ3v) is 5.22. The maximum absolute atomic E-state index is 12.8. The van der Waals surface area contributed by atoms with Crippen molar-refractivity contribution >= 4 is 28.6 Å². The number of benzene rings is 1. The summed E-state index contributed by atoms with van der Waals surface area (Å²) in [5.74, 6) is 0.0578. The molecule has 23 heavy (non-hydrogen) atoms. The van der Waals surface area contributed by atoms with E-state index >= 15 is 0 Å². The molecule has 1 fully saturated rings. The van der Waals surface area contributed by atoms with Gasteiger partial charge in [-0.2, -0.15) is 0 Å². The van der Waals surface area contributed by atoms with Gasteiger partial charge in [-0.3, -0.25) is 9.69 Å². The van der Waals surface area contributed by atoms with Crippen molar-refractivity contribution in [3.63, 3.8) is 0 Å². The van der Waals surface area contributed by atoms with Crippen LogP contribution in [0.2, 0.25) is 0 Å². The van der Waals surface area contributed by atoms with Crippen molar-refractivity contribution < 1.29 is 9.90 Å². The second-order valence-electron chi connectivity index (χ2n) is 6.00. The number of amides is 1. The van der Waals surface area contributed by atoms with E-state index in [1.54, 1.807) is 11.8 Å². The van der Waals surface area contributed by atoms with Crippen molar-refractivity contribution in [2.45, 2.75) is 17.9 Å². The number of carbonyl (C=O) groups is 1. The van der Waals surface area contributed by atoms with Crippen LogP contribution in [0.3, 0.4) is 0 Å². The van der Waals surface area contributed by atoms with Crippen LogP contribution in [-0.4, -0.2) is 70.9 Å². The number of hydrogen-bond acceptors (Lipinski definition) is 4. The highest BCUT2D eigenvalue weighted by atomic mass is 32.2. The normalized spacial score (nSPS) is 19.4. The van der Waals surface area contributed by atoms with Crippen molar-refractivity contribution in [3.05, 3.63) is 30.0 Å². The SMILES string of the molecule is CSc1ccc2cc(C(=O)N3CCN(CCO)C(C)C3)[nH]c2c1. The first-order chi connectivity index (χ1) is 11.1. The molecule has 2 aromatic rings. The van der Waals surface area contributed by atoms with Crippen LogP contribution >= 0.6 is 11.8 Å². The summed E-state index contributed by atoms with van der Waals surface area (Å²) in [6.07, 6.45) is 2.05. The average molecular weight is 333 g/mol. The lowest BCUT2D eigenvalue weighted by Crippen LogP contribution is -2.54. The maximum atomic E-state index is 12.8. The summed E-state index contributed by atoms with van der Waals surface area (Å²) in [5, 5.41) is 10.2. The second-order valence-corrected chi connectivity index (χ2v) is 6.88. The van der Waals surface area contributed by atoms with Gasteiger partial charge in [-0.05, 0) is 31.4 Å². The van der Waals surface area contributed by atoms with E-state index in [9.17, 15) is 4.79 Å². The van der Waals surface area contributed by atoms with Crippen molar-refractivity contribution in [1.82, 2.24) is 14.8 Å². The minimum Gasteiger partial charge on any atom is -0.395 e. The lowest BCUT2D eigenvalue weighted by molar-refractivity contribution is 0.0466. The minimum absolute atomic E-state index is 0.0578. The van der Waals surface area contributed by atoms with Gasteiger partial charge in [0.1, 0.15) is 5.69 Å². The molecule has 3 rings (SSSR count). The molecule has 2 N–H and O–H groups in total. The molecule has 0 spiro atoms. The highest BCUT2D eigenvalue weighted by Crippen LogP contribution is 2.23. The van der Waals surface area contributed by atoms with E-state index in [2.05, 4.69) is 35.0 Å². The zero-order chi connectivity index (χ0) is 16.4. The number of fused-ring (bicyclic) bond motifs is 1. The van der Waals surface area contributed by atoms with E-state index < -0.39 is 0 Å². The van der Waals surface area contributed by atoms with Crippen LogP contribution < -0.4 is 0 Å². The molecular weight excluding hydrogens is 310 g/mol. The number of piperazine rings is 1. The Kier molecular flexibility index (Phi) is 4.94. The molecule has 0 aliphatic carbocycles. The fourth-order valence-corrected chi connectivity index (χ4v) is 3.60. The largest absolute Gasteiger partial charge is 0.395 e. The molecule has 6 heteroatoms. The average Bonchev–Trinajstić information content (AvgIpc) is 2.99. The standard InChI is InChI=1S/C17H23N3O2S/c1-12-11-20(6-5-19(12)7-8-21)17(22)16-9-13-3-4-14(23-2)10-15(13)18-16/h3-4,9-10,12,18,21H,5-8,11H2,1-2H3. The van der Waals surface area contributed by atoms with Crippen LogP contribution in [0.4, 0.5) is 0 Å². The van der Waals surface area contributed by atoms with Gasteiger partial charge in [0.25, 0.3) is 5.91 Å². The number of nitrogens with zero attached hydrogens (tertiary/aromatic N) is 2. The third kappa shape index (κ3) is 3.39. The Hall–Kier alpha value is -1.50. The molecule has 1 atom stereocenters. The molecule has 1 aromatic carbocycles. The van der Waals surface area contributed by atoms with E-state index in [-0.39, 0.29) is 18.6 Å². The zero-order valence-corrected chi connectivity index (χ0v) is 14.4. The molecule has 0 bridgehead atoms. The van der Waals surface area contributed by atoms with Crippen LogP contribution in [0, 0.1) is 0 Å². The van der Waals surface area contributed by atoms with E-state index in [1.807, 2.05) is 17.2 Å². The predicted molar refractivity (Wildman–Crippen MR) is 94.1 cm³/mol. The number of hydrogen-bond donors (Lipinski definition) is 2. The molecule has 1 aliphatic rings. The topological polar surface area (TPSA) is 59.6 Å². The van der Waals surface area contributed by atoms with Gasteiger partial charge in [0.15, 0.2) is 0 Å². The Morgan fingerprint density at radius 2 is 2.22 bits per heavy atom. The second kappa shape index (κ2) is 6.95. The number of aliphatic hydroxyl groups excluding tert-OH is 1. The summed E-state index contributed by atoms with van der Waals surface area (Å²) in [6, 6.07) is 8.42. The van der Waals surface area contributed by atoms with E-state index in [0.29, 0.717) is 25.3 Å². The van der Waals surface area contributed by atoms with Gasteiger partial charge >= 0.3 is 0 Å². The molecule has 0 saturated carbocycles. The van der Waals surface area contributed by atoms with Crippen molar-refractivity contribution in [2.24, 2.45) is 0 Å². The number of nitrogens with one attached hydrogen (secondary N) is 1. The van der Waals surface area contributed by atoms with E-state index in [1.165, 1.54) is 4.90 Å². The molecule has 1 saturated heterocycles. The highest BCUT2D eigenvalue weighted by molar-refractivity contribution is 7.98. The zero-order valence-electron chi connectivity index (χ0n) is 13.6. The summed E-state index contributed by atoms with van der Waals surface area (Å²) in [4.78, 5) is 21.3. The van der Waals surface area contributed by atoms with Crippen LogP contribution in [0.15, 0.2) is 29.2 Å².